The molecular formula is C49H27N3O2. The Bertz CT molecular complexity index is 3570. The summed E-state index contributed by atoms with van der Waals surface area (Å²) >= 11 is 0. The van der Waals surface area contributed by atoms with E-state index in [9.17, 15) is 5.26 Å². The summed E-state index contributed by atoms with van der Waals surface area (Å²) in [6.07, 6.45) is 0. The fourth-order valence-electron chi connectivity index (χ4n) is 8.89. The molecule has 0 radical (unpaired) electrons. The van der Waals surface area contributed by atoms with Gasteiger partial charge in [0.2, 0.25) is 0 Å². The number of benzene rings is 8. The fraction of sp³-hybridized carbons (Fsp3) is 0. The molecule has 4 aromatic heterocycles. The molecule has 12 rings (SSSR count). The van der Waals surface area contributed by atoms with Gasteiger partial charge in [0.15, 0.2) is 0 Å². The number of para-hydroxylation sites is 4. The molecule has 5 heteroatoms. The number of rotatable bonds is 3. The topological polar surface area (TPSA) is 59.9 Å². The molecule has 4 heterocycles. The quantitative estimate of drug-likeness (QED) is 0.185. The van der Waals surface area contributed by atoms with Crippen LogP contribution in [-0.4, -0.2) is 9.13 Å². The highest BCUT2D eigenvalue weighted by atomic mass is 16.3. The average molecular weight is 690 g/mol. The molecule has 0 aliphatic carbocycles. The molecule has 0 bridgehead atoms. The first kappa shape index (κ1) is 29.1. The molecule has 250 valence electrons. The van der Waals surface area contributed by atoms with Crippen molar-refractivity contribution in [2.45, 2.75) is 0 Å². The lowest BCUT2D eigenvalue weighted by atomic mass is 10.0. The Kier molecular flexibility index (Phi) is 5.78. The van der Waals surface area contributed by atoms with Gasteiger partial charge < -0.3 is 18.0 Å². The summed E-state index contributed by atoms with van der Waals surface area (Å²) in [6, 6.07) is 59.3. The van der Waals surface area contributed by atoms with Crippen molar-refractivity contribution < 1.29 is 8.83 Å². The molecule has 0 aliphatic rings. The van der Waals surface area contributed by atoms with Crippen LogP contribution >= 0.6 is 0 Å². The zero-order chi connectivity index (χ0) is 35.5. The molecule has 54 heavy (non-hydrogen) atoms. The van der Waals surface area contributed by atoms with Crippen LogP contribution < -0.4 is 0 Å². The maximum Gasteiger partial charge on any atom is 0.136 e. The Balaban J connectivity index is 1.00. The van der Waals surface area contributed by atoms with Crippen molar-refractivity contribution in [3.63, 3.8) is 0 Å². The second-order valence-corrected chi connectivity index (χ2v) is 14.0. The Hall–Kier alpha value is -7.55. The SMILES string of the molecule is N#Cc1cc(-c2ccc(-n3c4ccccc4c4c5c(ccc43)oc3ccccc35)cc2)ccc1-n1c2ccccc2c2c3c(ccc21)oc1ccccc13. The third-order valence-corrected chi connectivity index (χ3v) is 11.2. The molecule has 12 aromatic rings. The highest BCUT2D eigenvalue weighted by Gasteiger charge is 2.21. The second kappa shape index (κ2) is 10.7. The van der Waals surface area contributed by atoms with E-state index in [2.05, 4.69) is 143 Å². The van der Waals surface area contributed by atoms with Crippen molar-refractivity contribution in [3.05, 3.63) is 169 Å². The lowest BCUT2D eigenvalue weighted by Crippen LogP contribution is -1.98. The lowest BCUT2D eigenvalue weighted by Gasteiger charge is -2.13. The summed E-state index contributed by atoms with van der Waals surface area (Å²) in [5, 5.41) is 19.7. The van der Waals surface area contributed by atoms with Crippen molar-refractivity contribution in [1.29, 1.82) is 5.26 Å². The molecule has 0 saturated carbocycles. The third-order valence-electron chi connectivity index (χ3n) is 11.2. The van der Waals surface area contributed by atoms with E-state index in [0.29, 0.717) is 5.56 Å². The molecular weight excluding hydrogens is 663 g/mol. The van der Waals surface area contributed by atoms with Gasteiger partial charge in [-0.05, 0) is 83.9 Å². The highest BCUT2D eigenvalue weighted by Crippen LogP contribution is 2.43. The monoisotopic (exact) mass is 689 g/mol. The molecule has 0 N–H and O–H groups in total. The smallest absolute Gasteiger partial charge is 0.136 e. The standard InChI is InChI=1S/C49H27N3O2/c50-28-31-27-30(19-22-37(31)52-39-14-6-2-10-34(39)47-41(52)24-26-45-49(47)36-12-4-8-16-43(36)54-45)29-17-20-32(21-18-29)51-38-13-5-1-9-33(38)46-40(51)23-25-44-48(46)35-11-3-7-15-42(35)53-44/h1-27H. The number of nitrogens with zero attached hydrogens (tertiary/aromatic N) is 3. The van der Waals surface area contributed by atoms with Gasteiger partial charge in [-0.25, -0.2) is 0 Å². The molecule has 5 nitrogen and oxygen atoms in total. The van der Waals surface area contributed by atoms with E-state index in [1.54, 1.807) is 0 Å². The molecule has 0 aliphatic heterocycles. The summed E-state index contributed by atoms with van der Waals surface area (Å²) in [5.41, 5.74) is 12.4. The zero-order valence-corrected chi connectivity index (χ0v) is 28.7. The van der Waals surface area contributed by atoms with Gasteiger partial charge in [-0.2, -0.15) is 5.26 Å². The van der Waals surface area contributed by atoms with Gasteiger partial charge >= 0.3 is 0 Å². The predicted octanol–water partition coefficient (Wildman–Crippen LogP) is 13.2. The average Bonchev–Trinajstić information content (AvgIpc) is 3.98. The first-order valence-corrected chi connectivity index (χ1v) is 18.1. The maximum absolute atomic E-state index is 10.6. The van der Waals surface area contributed by atoms with Gasteiger partial charge in [-0.1, -0.05) is 91.0 Å². The Labute approximate surface area is 307 Å². The third kappa shape index (κ3) is 3.86. The minimum Gasteiger partial charge on any atom is -0.456 e. The van der Waals surface area contributed by atoms with Gasteiger partial charge in [0, 0.05) is 48.8 Å². The van der Waals surface area contributed by atoms with E-state index in [4.69, 9.17) is 8.83 Å². The van der Waals surface area contributed by atoms with Crippen LogP contribution in [0.3, 0.4) is 0 Å². The minimum absolute atomic E-state index is 0.607. The van der Waals surface area contributed by atoms with Gasteiger partial charge in [0.1, 0.15) is 28.4 Å². The summed E-state index contributed by atoms with van der Waals surface area (Å²) < 4.78 is 17.1. The van der Waals surface area contributed by atoms with E-state index in [1.165, 1.54) is 10.8 Å². The highest BCUT2D eigenvalue weighted by molar-refractivity contribution is 6.28. The van der Waals surface area contributed by atoms with Crippen LogP contribution in [0.15, 0.2) is 173 Å². The largest absolute Gasteiger partial charge is 0.456 e. The molecule has 0 unspecified atom stereocenters. The van der Waals surface area contributed by atoms with Crippen LogP contribution in [0.2, 0.25) is 0 Å². The van der Waals surface area contributed by atoms with E-state index < -0.39 is 0 Å². The number of aromatic nitrogens is 2. The lowest BCUT2D eigenvalue weighted by molar-refractivity contribution is 0.669. The summed E-state index contributed by atoms with van der Waals surface area (Å²) in [5.74, 6) is 0. The molecule has 0 amide bonds. The van der Waals surface area contributed by atoms with Crippen LogP contribution in [-0.2, 0) is 0 Å². The van der Waals surface area contributed by atoms with Crippen LogP contribution in [0.4, 0.5) is 0 Å². The fourth-order valence-corrected chi connectivity index (χ4v) is 8.89. The number of fused-ring (bicyclic) bond motifs is 14. The molecule has 0 fully saturated rings. The zero-order valence-electron chi connectivity index (χ0n) is 28.7. The predicted molar refractivity (Wildman–Crippen MR) is 220 cm³/mol. The van der Waals surface area contributed by atoms with Crippen molar-refractivity contribution in [1.82, 2.24) is 9.13 Å². The van der Waals surface area contributed by atoms with Crippen molar-refractivity contribution in [2.24, 2.45) is 0 Å². The maximum atomic E-state index is 10.6. The van der Waals surface area contributed by atoms with Gasteiger partial charge in [-0.3, -0.25) is 0 Å². The molecule has 0 atom stereocenters. The summed E-state index contributed by atoms with van der Waals surface area (Å²) in [7, 11) is 0. The number of furan rings is 2. The van der Waals surface area contributed by atoms with Gasteiger partial charge in [0.05, 0.1) is 33.3 Å². The first-order chi connectivity index (χ1) is 26.7. The second-order valence-electron chi connectivity index (χ2n) is 14.0. The van der Waals surface area contributed by atoms with E-state index >= 15 is 0 Å². The Morgan fingerprint density at radius 2 is 0.889 bits per heavy atom. The van der Waals surface area contributed by atoms with Crippen LogP contribution in [0.25, 0.3) is 110 Å². The van der Waals surface area contributed by atoms with Gasteiger partial charge in [0.25, 0.3) is 0 Å². The van der Waals surface area contributed by atoms with E-state index in [0.717, 1.165) is 99.2 Å². The van der Waals surface area contributed by atoms with Crippen molar-refractivity contribution in [2.75, 3.05) is 0 Å². The van der Waals surface area contributed by atoms with Crippen molar-refractivity contribution >= 4 is 87.5 Å². The molecule has 0 saturated heterocycles. The van der Waals surface area contributed by atoms with E-state index in [-0.39, 0.29) is 0 Å². The number of hydrogen-bond donors (Lipinski definition) is 0. The van der Waals surface area contributed by atoms with E-state index in [1.807, 2.05) is 36.4 Å². The molecule has 8 aromatic carbocycles. The Morgan fingerprint density at radius 1 is 0.389 bits per heavy atom. The minimum atomic E-state index is 0.607. The van der Waals surface area contributed by atoms with Crippen LogP contribution in [0.1, 0.15) is 5.56 Å². The van der Waals surface area contributed by atoms with Crippen LogP contribution in [0, 0.1) is 11.3 Å². The number of nitriles is 1. The van der Waals surface area contributed by atoms with Crippen molar-refractivity contribution in [3.8, 4) is 28.6 Å². The summed E-state index contributed by atoms with van der Waals surface area (Å²) in [4.78, 5) is 0. The summed E-state index contributed by atoms with van der Waals surface area (Å²) in [6.45, 7) is 0. The van der Waals surface area contributed by atoms with Crippen LogP contribution in [0.5, 0.6) is 0 Å². The normalized spacial score (nSPS) is 12.1. The van der Waals surface area contributed by atoms with Gasteiger partial charge in [-0.15, -0.1) is 0 Å². The molecule has 0 spiro atoms. The first-order valence-electron chi connectivity index (χ1n) is 18.1. The number of hydrogen-bond acceptors (Lipinski definition) is 3. The Morgan fingerprint density at radius 3 is 1.48 bits per heavy atom.